The standard InChI is InChI=1S/C16H22N2O4S2/c1-18(2)13(15-6-5-9-23-15)11-17-24(19,20)16-8-7-12(21-3)10-14(16)22-4/h5-10,13,17H,11H2,1-4H3. The first-order valence-corrected chi connectivity index (χ1v) is 9.67. The molecule has 1 aromatic heterocycles. The highest BCUT2D eigenvalue weighted by molar-refractivity contribution is 7.89. The molecule has 1 heterocycles. The van der Waals surface area contributed by atoms with Crippen LogP contribution in [0.25, 0.3) is 0 Å². The van der Waals surface area contributed by atoms with E-state index in [1.54, 1.807) is 23.5 Å². The Hall–Kier alpha value is -1.61. The summed E-state index contributed by atoms with van der Waals surface area (Å²) in [5, 5.41) is 1.98. The highest BCUT2D eigenvalue weighted by Crippen LogP contribution is 2.29. The predicted octanol–water partition coefficient (Wildman–Crippen LogP) is 2.35. The van der Waals surface area contributed by atoms with E-state index in [-0.39, 0.29) is 23.2 Å². The quantitative estimate of drug-likeness (QED) is 0.773. The molecule has 0 radical (unpaired) electrons. The first kappa shape index (κ1) is 18.7. The van der Waals surface area contributed by atoms with Crippen LogP contribution >= 0.6 is 11.3 Å². The summed E-state index contributed by atoms with van der Waals surface area (Å²) in [5.41, 5.74) is 0. The smallest absolute Gasteiger partial charge is 0.244 e. The fraction of sp³-hybridized carbons (Fsp3) is 0.375. The number of hydrogen-bond acceptors (Lipinski definition) is 6. The SMILES string of the molecule is COc1ccc(S(=O)(=O)NCC(c2cccs2)N(C)C)c(OC)c1. The van der Waals surface area contributed by atoms with Gasteiger partial charge in [0, 0.05) is 17.5 Å². The van der Waals surface area contributed by atoms with Crippen LogP contribution in [-0.2, 0) is 10.0 Å². The number of sulfonamides is 1. The van der Waals surface area contributed by atoms with Gasteiger partial charge in [0.05, 0.1) is 20.3 Å². The average Bonchev–Trinajstić information content (AvgIpc) is 3.08. The zero-order valence-electron chi connectivity index (χ0n) is 14.1. The van der Waals surface area contributed by atoms with Gasteiger partial charge in [-0.15, -0.1) is 11.3 Å². The Morgan fingerprint density at radius 1 is 1.21 bits per heavy atom. The summed E-state index contributed by atoms with van der Waals surface area (Å²) in [6, 6.07) is 8.55. The second kappa shape index (κ2) is 7.98. The molecule has 0 aliphatic rings. The molecule has 2 rings (SSSR count). The minimum Gasteiger partial charge on any atom is -0.497 e. The van der Waals surface area contributed by atoms with Gasteiger partial charge in [0.15, 0.2) is 0 Å². The van der Waals surface area contributed by atoms with Crippen molar-refractivity contribution in [2.75, 3.05) is 34.9 Å². The lowest BCUT2D eigenvalue weighted by Gasteiger charge is -2.23. The Kier molecular flexibility index (Phi) is 6.22. The summed E-state index contributed by atoms with van der Waals surface area (Å²) in [6.45, 7) is 0.269. The van der Waals surface area contributed by atoms with E-state index in [2.05, 4.69) is 4.72 Å². The minimum absolute atomic E-state index is 0.0379. The molecule has 0 spiro atoms. The van der Waals surface area contributed by atoms with Crippen molar-refractivity contribution >= 4 is 21.4 Å². The number of nitrogens with zero attached hydrogens (tertiary/aromatic N) is 1. The molecule has 6 nitrogen and oxygen atoms in total. The van der Waals surface area contributed by atoms with Crippen molar-refractivity contribution in [3.63, 3.8) is 0 Å². The number of benzene rings is 1. The lowest BCUT2D eigenvalue weighted by molar-refractivity contribution is 0.303. The third-order valence-corrected chi connectivity index (χ3v) is 6.06. The van der Waals surface area contributed by atoms with Crippen molar-refractivity contribution in [2.45, 2.75) is 10.9 Å². The highest BCUT2D eigenvalue weighted by atomic mass is 32.2. The largest absolute Gasteiger partial charge is 0.497 e. The number of hydrogen-bond donors (Lipinski definition) is 1. The number of methoxy groups -OCH3 is 2. The Morgan fingerprint density at radius 2 is 1.96 bits per heavy atom. The molecule has 1 N–H and O–H groups in total. The zero-order valence-corrected chi connectivity index (χ0v) is 15.8. The Balaban J connectivity index is 2.22. The lowest BCUT2D eigenvalue weighted by Crippen LogP contribution is -2.34. The summed E-state index contributed by atoms with van der Waals surface area (Å²) < 4.78 is 38.3. The maximum absolute atomic E-state index is 12.7. The molecule has 132 valence electrons. The first-order chi connectivity index (χ1) is 11.4. The monoisotopic (exact) mass is 370 g/mol. The predicted molar refractivity (Wildman–Crippen MR) is 95.5 cm³/mol. The van der Waals surface area contributed by atoms with Gasteiger partial charge < -0.3 is 14.4 Å². The van der Waals surface area contributed by atoms with Gasteiger partial charge in [-0.3, -0.25) is 0 Å². The van der Waals surface area contributed by atoms with Crippen LogP contribution < -0.4 is 14.2 Å². The number of thiophene rings is 1. The molecule has 0 aliphatic heterocycles. The summed E-state index contributed by atoms with van der Waals surface area (Å²) in [4.78, 5) is 3.18. The van der Waals surface area contributed by atoms with Crippen molar-refractivity contribution in [1.82, 2.24) is 9.62 Å². The van der Waals surface area contributed by atoms with E-state index in [0.717, 1.165) is 4.88 Å². The Labute approximate surface area is 147 Å². The van der Waals surface area contributed by atoms with Gasteiger partial charge in [-0.25, -0.2) is 13.1 Å². The van der Waals surface area contributed by atoms with E-state index in [1.807, 2.05) is 36.5 Å². The van der Waals surface area contributed by atoms with E-state index in [9.17, 15) is 8.42 Å². The van der Waals surface area contributed by atoms with Crippen molar-refractivity contribution in [3.05, 3.63) is 40.6 Å². The van der Waals surface area contributed by atoms with Crippen LogP contribution in [0, 0.1) is 0 Å². The maximum atomic E-state index is 12.7. The zero-order chi connectivity index (χ0) is 17.7. The van der Waals surface area contributed by atoms with Crippen LogP contribution in [0.2, 0.25) is 0 Å². The Morgan fingerprint density at radius 3 is 2.50 bits per heavy atom. The van der Waals surface area contributed by atoms with E-state index in [4.69, 9.17) is 9.47 Å². The van der Waals surface area contributed by atoms with Crippen molar-refractivity contribution in [1.29, 1.82) is 0 Å². The van der Waals surface area contributed by atoms with Gasteiger partial charge in [-0.1, -0.05) is 6.07 Å². The van der Waals surface area contributed by atoms with Crippen LogP contribution in [0.15, 0.2) is 40.6 Å². The summed E-state index contributed by atoms with van der Waals surface area (Å²) in [6.07, 6.45) is 0. The molecule has 1 aromatic carbocycles. The summed E-state index contributed by atoms with van der Waals surface area (Å²) in [5.74, 6) is 0.787. The van der Waals surface area contributed by atoms with E-state index >= 15 is 0 Å². The third-order valence-electron chi connectivity index (χ3n) is 3.62. The molecule has 1 unspecified atom stereocenters. The molecule has 1 atom stereocenters. The molecule has 2 aromatic rings. The number of nitrogens with one attached hydrogen (secondary N) is 1. The average molecular weight is 370 g/mol. The Bertz CT molecular complexity index is 758. The van der Waals surface area contributed by atoms with E-state index in [0.29, 0.717) is 5.75 Å². The molecule has 0 saturated heterocycles. The molecular weight excluding hydrogens is 348 g/mol. The van der Waals surface area contributed by atoms with Crippen molar-refractivity contribution < 1.29 is 17.9 Å². The number of likely N-dealkylation sites (N-methyl/N-ethyl adjacent to an activating group) is 1. The molecule has 24 heavy (non-hydrogen) atoms. The highest BCUT2D eigenvalue weighted by Gasteiger charge is 2.23. The van der Waals surface area contributed by atoms with Gasteiger partial charge in [-0.05, 0) is 37.7 Å². The molecule has 0 fully saturated rings. The van der Waals surface area contributed by atoms with Crippen LogP contribution in [0.5, 0.6) is 11.5 Å². The topological polar surface area (TPSA) is 67.9 Å². The number of rotatable bonds is 8. The first-order valence-electron chi connectivity index (χ1n) is 7.30. The second-order valence-electron chi connectivity index (χ2n) is 5.36. The van der Waals surface area contributed by atoms with Crippen molar-refractivity contribution in [2.24, 2.45) is 0 Å². The van der Waals surface area contributed by atoms with E-state index in [1.165, 1.54) is 20.3 Å². The molecule has 8 heteroatoms. The molecule has 0 aliphatic carbocycles. The van der Waals surface area contributed by atoms with Crippen LogP contribution in [0.1, 0.15) is 10.9 Å². The molecule has 0 bridgehead atoms. The molecular formula is C16H22N2O4S2. The van der Waals surface area contributed by atoms with Crippen LogP contribution in [-0.4, -0.2) is 48.2 Å². The normalized spacial score (nSPS) is 13.0. The van der Waals surface area contributed by atoms with Gasteiger partial charge >= 0.3 is 0 Å². The summed E-state index contributed by atoms with van der Waals surface area (Å²) >= 11 is 1.60. The number of ether oxygens (including phenoxy) is 2. The second-order valence-corrected chi connectivity index (χ2v) is 8.08. The van der Waals surface area contributed by atoms with Crippen LogP contribution in [0.4, 0.5) is 0 Å². The van der Waals surface area contributed by atoms with Crippen molar-refractivity contribution in [3.8, 4) is 11.5 Å². The van der Waals surface area contributed by atoms with Gasteiger partial charge in [0.25, 0.3) is 0 Å². The minimum atomic E-state index is -3.70. The maximum Gasteiger partial charge on any atom is 0.244 e. The van der Waals surface area contributed by atoms with Gasteiger partial charge in [0.1, 0.15) is 16.4 Å². The van der Waals surface area contributed by atoms with Gasteiger partial charge in [-0.2, -0.15) is 0 Å². The fourth-order valence-electron chi connectivity index (χ4n) is 2.28. The summed E-state index contributed by atoms with van der Waals surface area (Å²) in [7, 11) is 3.10. The third kappa shape index (κ3) is 4.27. The van der Waals surface area contributed by atoms with Crippen LogP contribution in [0.3, 0.4) is 0 Å². The van der Waals surface area contributed by atoms with E-state index < -0.39 is 10.0 Å². The van der Waals surface area contributed by atoms with Gasteiger partial charge in [0.2, 0.25) is 10.0 Å². The fourth-order valence-corrected chi connectivity index (χ4v) is 4.39. The lowest BCUT2D eigenvalue weighted by atomic mass is 10.2. The molecule has 0 saturated carbocycles. The molecule has 0 amide bonds.